The second-order valence-electron chi connectivity index (χ2n) is 3.80. The number of rotatable bonds is 7. The highest BCUT2D eigenvalue weighted by Gasteiger charge is 2.11. The molecule has 0 aromatic heterocycles. The number of benzene rings is 1. The molecule has 18 heavy (non-hydrogen) atoms. The average molecular weight is 263 g/mol. The van der Waals surface area contributed by atoms with Gasteiger partial charge in [-0.25, -0.2) is 13.2 Å². The van der Waals surface area contributed by atoms with Crippen molar-refractivity contribution in [2.75, 3.05) is 27.4 Å². The molecule has 0 fully saturated rings. The summed E-state index contributed by atoms with van der Waals surface area (Å²) in [6, 6.07) is 1.38. The molecule has 0 bridgehead atoms. The molecule has 1 rings (SSSR count). The lowest BCUT2D eigenvalue weighted by Gasteiger charge is -2.15. The van der Waals surface area contributed by atoms with Crippen LogP contribution in [0.4, 0.5) is 13.2 Å². The lowest BCUT2D eigenvalue weighted by molar-refractivity contribution is 0.0287. The fourth-order valence-electron chi connectivity index (χ4n) is 1.46. The molecule has 0 saturated heterocycles. The normalized spacial score (nSPS) is 12.7. The van der Waals surface area contributed by atoms with Gasteiger partial charge in [0.15, 0.2) is 11.6 Å². The van der Waals surface area contributed by atoms with Gasteiger partial charge < -0.3 is 14.8 Å². The van der Waals surface area contributed by atoms with Crippen LogP contribution >= 0.6 is 0 Å². The van der Waals surface area contributed by atoms with Crippen LogP contribution in [0, 0.1) is 17.5 Å². The molecule has 0 heterocycles. The van der Waals surface area contributed by atoms with Crippen LogP contribution in [-0.2, 0) is 16.0 Å². The first kappa shape index (κ1) is 14.9. The van der Waals surface area contributed by atoms with E-state index in [1.807, 2.05) is 0 Å². The van der Waals surface area contributed by atoms with Crippen LogP contribution in [0.3, 0.4) is 0 Å². The zero-order chi connectivity index (χ0) is 13.5. The lowest BCUT2D eigenvalue weighted by atomic mass is 10.2. The van der Waals surface area contributed by atoms with Crippen LogP contribution in [-0.4, -0.2) is 33.5 Å². The maximum absolute atomic E-state index is 13.3. The van der Waals surface area contributed by atoms with Crippen molar-refractivity contribution in [2.45, 2.75) is 12.6 Å². The van der Waals surface area contributed by atoms with Gasteiger partial charge in [-0.15, -0.1) is 0 Å². The van der Waals surface area contributed by atoms with E-state index in [1.54, 1.807) is 7.11 Å². The summed E-state index contributed by atoms with van der Waals surface area (Å²) in [5, 5.41) is 2.89. The van der Waals surface area contributed by atoms with Gasteiger partial charge in [-0.05, 0) is 6.07 Å². The first-order chi connectivity index (χ1) is 8.58. The molecule has 0 aliphatic heterocycles. The molecule has 0 spiro atoms. The van der Waals surface area contributed by atoms with E-state index in [1.165, 1.54) is 7.11 Å². The second-order valence-corrected chi connectivity index (χ2v) is 3.80. The molecule has 0 amide bonds. The molecule has 0 saturated carbocycles. The van der Waals surface area contributed by atoms with E-state index in [0.717, 1.165) is 6.07 Å². The van der Waals surface area contributed by atoms with E-state index < -0.39 is 17.5 Å². The van der Waals surface area contributed by atoms with Crippen molar-refractivity contribution in [3.05, 3.63) is 35.1 Å². The summed E-state index contributed by atoms with van der Waals surface area (Å²) in [7, 11) is 3.07. The minimum Gasteiger partial charge on any atom is -0.382 e. The minimum absolute atomic E-state index is 0.0705. The van der Waals surface area contributed by atoms with Gasteiger partial charge in [0.05, 0.1) is 12.7 Å². The van der Waals surface area contributed by atoms with Crippen LogP contribution in [0.1, 0.15) is 5.56 Å². The zero-order valence-electron chi connectivity index (χ0n) is 10.3. The number of halogens is 3. The Morgan fingerprint density at radius 3 is 2.39 bits per heavy atom. The van der Waals surface area contributed by atoms with Crippen molar-refractivity contribution < 1.29 is 22.6 Å². The van der Waals surface area contributed by atoms with Crippen molar-refractivity contribution in [3.63, 3.8) is 0 Å². The molecule has 1 aromatic carbocycles. The third-order valence-corrected chi connectivity index (χ3v) is 2.46. The van der Waals surface area contributed by atoms with Gasteiger partial charge in [-0.2, -0.15) is 0 Å². The van der Waals surface area contributed by atoms with E-state index in [9.17, 15) is 13.2 Å². The van der Waals surface area contributed by atoms with Gasteiger partial charge in [-0.1, -0.05) is 0 Å². The molecule has 1 aromatic rings. The molecular weight excluding hydrogens is 247 g/mol. The van der Waals surface area contributed by atoms with Gasteiger partial charge in [0, 0.05) is 38.9 Å². The monoisotopic (exact) mass is 263 g/mol. The van der Waals surface area contributed by atoms with Gasteiger partial charge in [0.25, 0.3) is 0 Å². The number of ether oxygens (including phenoxy) is 2. The highest BCUT2D eigenvalue weighted by molar-refractivity contribution is 5.19. The van der Waals surface area contributed by atoms with Crippen LogP contribution in [0.2, 0.25) is 0 Å². The summed E-state index contributed by atoms with van der Waals surface area (Å²) in [5.74, 6) is -3.03. The van der Waals surface area contributed by atoms with Crippen molar-refractivity contribution in [1.29, 1.82) is 0 Å². The van der Waals surface area contributed by atoms with Gasteiger partial charge in [0.2, 0.25) is 0 Å². The fraction of sp³-hybridized carbons (Fsp3) is 0.500. The molecule has 3 nitrogen and oxygen atoms in total. The number of hydrogen-bond donors (Lipinski definition) is 1. The summed E-state index contributed by atoms with van der Waals surface area (Å²) < 4.78 is 48.9. The van der Waals surface area contributed by atoms with Crippen LogP contribution < -0.4 is 5.32 Å². The summed E-state index contributed by atoms with van der Waals surface area (Å²) >= 11 is 0. The Labute approximate surface area is 104 Å². The molecule has 1 unspecified atom stereocenters. The van der Waals surface area contributed by atoms with Crippen LogP contribution in [0.25, 0.3) is 0 Å². The number of nitrogens with one attached hydrogen (secondary N) is 1. The van der Waals surface area contributed by atoms with Crippen molar-refractivity contribution >= 4 is 0 Å². The standard InChI is InChI=1S/C12H16F3NO2/c1-17-7-9(18-2)6-16-5-8-3-11(14)12(15)4-10(8)13/h3-4,9,16H,5-7H2,1-2H3. The highest BCUT2D eigenvalue weighted by atomic mass is 19.2. The number of hydrogen-bond acceptors (Lipinski definition) is 3. The third-order valence-electron chi connectivity index (χ3n) is 2.46. The quantitative estimate of drug-likeness (QED) is 0.762. The Balaban J connectivity index is 2.51. The largest absolute Gasteiger partial charge is 0.382 e. The summed E-state index contributed by atoms with van der Waals surface area (Å²) in [6.45, 7) is 0.902. The third kappa shape index (κ3) is 4.29. The lowest BCUT2D eigenvalue weighted by Crippen LogP contribution is -2.31. The number of methoxy groups -OCH3 is 2. The van der Waals surface area contributed by atoms with Crippen LogP contribution in [0.5, 0.6) is 0 Å². The molecule has 1 N–H and O–H groups in total. The van der Waals surface area contributed by atoms with E-state index in [-0.39, 0.29) is 18.2 Å². The molecule has 0 aliphatic carbocycles. The first-order valence-electron chi connectivity index (χ1n) is 5.44. The highest BCUT2D eigenvalue weighted by Crippen LogP contribution is 2.13. The second kappa shape index (κ2) is 7.35. The van der Waals surface area contributed by atoms with Gasteiger partial charge >= 0.3 is 0 Å². The Morgan fingerprint density at radius 1 is 1.11 bits per heavy atom. The molecule has 0 aliphatic rings. The first-order valence-corrected chi connectivity index (χ1v) is 5.44. The predicted molar refractivity (Wildman–Crippen MR) is 60.7 cm³/mol. The Bertz CT molecular complexity index is 388. The molecule has 0 radical (unpaired) electrons. The predicted octanol–water partition coefficient (Wildman–Crippen LogP) is 1.85. The minimum atomic E-state index is -1.19. The molecule has 1 atom stereocenters. The van der Waals surface area contributed by atoms with E-state index in [4.69, 9.17) is 9.47 Å². The molecule has 6 heteroatoms. The maximum atomic E-state index is 13.3. The van der Waals surface area contributed by atoms with Crippen molar-refractivity contribution in [1.82, 2.24) is 5.32 Å². The molecular formula is C12H16F3NO2. The fourth-order valence-corrected chi connectivity index (χ4v) is 1.46. The van der Waals surface area contributed by atoms with E-state index in [0.29, 0.717) is 19.2 Å². The maximum Gasteiger partial charge on any atom is 0.161 e. The van der Waals surface area contributed by atoms with Crippen LogP contribution in [0.15, 0.2) is 12.1 Å². The Kier molecular flexibility index (Phi) is 6.11. The summed E-state index contributed by atoms with van der Waals surface area (Å²) in [4.78, 5) is 0. The van der Waals surface area contributed by atoms with Crippen molar-refractivity contribution in [2.24, 2.45) is 0 Å². The van der Waals surface area contributed by atoms with E-state index >= 15 is 0 Å². The topological polar surface area (TPSA) is 30.5 Å². The Morgan fingerprint density at radius 2 is 1.78 bits per heavy atom. The summed E-state index contributed by atoms with van der Waals surface area (Å²) in [5.41, 5.74) is 0.0705. The van der Waals surface area contributed by atoms with Gasteiger partial charge in [0.1, 0.15) is 5.82 Å². The average Bonchev–Trinajstić information content (AvgIpc) is 2.34. The summed E-state index contributed by atoms with van der Waals surface area (Å²) in [6.07, 6.45) is -0.177. The smallest absolute Gasteiger partial charge is 0.161 e. The van der Waals surface area contributed by atoms with E-state index in [2.05, 4.69) is 5.32 Å². The van der Waals surface area contributed by atoms with Crippen molar-refractivity contribution in [3.8, 4) is 0 Å². The van der Waals surface area contributed by atoms with Gasteiger partial charge in [-0.3, -0.25) is 0 Å². The Hall–Kier alpha value is -1.11. The zero-order valence-corrected chi connectivity index (χ0v) is 10.3. The SMILES string of the molecule is COCC(CNCc1cc(F)c(F)cc1F)OC. The molecule has 102 valence electrons.